The Labute approximate surface area is 136 Å². The van der Waals surface area contributed by atoms with Gasteiger partial charge in [0.2, 0.25) is 5.91 Å². The molecule has 2 nitrogen and oxygen atoms in total. The predicted molar refractivity (Wildman–Crippen MR) is 87.2 cm³/mol. The van der Waals surface area contributed by atoms with Gasteiger partial charge < -0.3 is 5.32 Å². The van der Waals surface area contributed by atoms with Crippen LogP contribution in [0.1, 0.15) is 12.5 Å². The van der Waals surface area contributed by atoms with Crippen LogP contribution in [0.4, 0.5) is 14.5 Å². The third-order valence-electron chi connectivity index (χ3n) is 2.95. The Kier molecular flexibility index (Phi) is 5.80. The van der Waals surface area contributed by atoms with E-state index < -0.39 is 11.6 Å². The van der Waals surface area contributed by atoms with Crippen molar-refractivity contribution >= 4 is 35.0 Å². The molecule has 0 spiro atoms. The van der Waals surface area contributed by atoms with Crippen molar-refractivity contribution in [1.29, 1.82) is 0 Å². The molecule has 0 saturated carbocycles. The second-order valence-electron chi connectivity index (χ2n) is 4.70. The first-order valence-electron chi connectivity index (χ1n) is 6.57. The number of benzene rings is 2. The molecule has 2 aromatic carbocycles. The van der Waals surface area contributed by atoms with Gasteiger partial charge in [-0.3, -0.25) is 4.79 Å². The molecule has 0 aliphatic carbocycles. The molecule has 1 atom stereocenters. The number of thioether (sulfide) groups is 1. The summed E-state index contributed by atoms with van der Waals surface area (Å²) < 4.78 is 26.3. The van der Waals surface area contributed by atoms with E-state index >= 15 is 0 Å². The molecular formula is C16H14ClF2NOS. The summed E-state index contributed by atoms with van der Waals surface area (Å²) in [5.74, 6) is -1.20. The Morgan fingerprint density at radius 3 is 2.73 bits per heavy atom. The monoisotopic (exact) mass is 341 g/mol. The quantitative estimate of drug-likeness (QED) is 0.839. The lowest BCUT2D eigenvalue weighted by molar-refractivity contribution is -0.115. The summed E-state index contributed by atoms with van der Waals surface area (Å²) in [4.78, 5) is 12.0. The molecule has 2 aromatic rings. The van der Waals surface area contributed by atoms with Crippen LogP contribution in [0.3, 0.4) is 0 Å². The van der Waals surface area contributed by atoms with E-state index in [1.165, 1.54) is 17.8 Å². The smallest absolute Gasteiger partial charge is 0.237 e. The van der Waals surface area contributed by atoms with Gasteiger partial charge in [-0.05, 0) is 36.8 Å². The standard InChI is InChI=1S/C16H14ClF2NOS/c1-10(22-9-11-3-2-4-12(17)7-11)16(21)20-15-6-5-13(18)8-14(15)19/h2-8,10H,9H2,1H3,(H,20,21). The molecule has 0 radical (unpaired) electrons. The largest absolute Gasteiger partial charge is 0.323 e. The van der Waals surface area contributed by atoms with Gasteiger partial charge in [-0.15, -0.1) is 11.8 Å². The minimum Gasteiger partial charge on any atom is -0.323 e. The molecule has 1 unspecified atom stereocenters. The first-order valence-corrected chi connectivity index (χ1v) is 8.00. The van der Waals surface area contributed by atoms with E-state index in [4.69, 9.17) is 11.6 Å². The number of nitrogens with one attached hydrogen (secondary N) is 1. The van der Waals surface area contributed by atoms with E-state index in [1.807, 2.05) is 18.2 Å². The van der Waals surface area contributed by atoms with E-state index in [0.717, 1.165) is 17.7 Å². The first-order chi connectivity index (χ1) is 10.5. The van der Waals surface area contributed by atoms with E-state index in [0.29, 0.717) is 10.8 Å². The zero-order valence-corrected chi connectivity index (χ0v) is 13.3. The van der Waals surface area contributed by atoms with Crippen LogP contribution in [-0.2, 0) is 10.5 Å². The molecule has 0 bridgehead atoms. The number of carbonyl (C=O) groups excluding carboxylic acids is 1. The molecule has 0 heterocycles. The molecular weight excluding hydrogens is 328 g/mol. The van der Waals surface area contributed by atoms with Gasteiger partial charge in [0.15, 0.2) is 0 Å². The Morgan fingerprint density at radius 1 is 1.27 bits per heavy atom. The maximum Gasteiger partial charge on any atom is 0.237 e. The van der Waals surface area contributed by atoms with Crippen molar-refractivity contribution in [2.24, 2.45) is 0 Å². The van der Waals surface area contributed by atoms with Crippen molar-refractivity contribution < 1.29 is 13.6 Å². The lowest BCUT2D eigenvalue weighted by Crippen LogP contribution is -2.23. The molecule has 0 fully saturated rings. The molecule has 0 aliphatic heterocycles. The second-order valence-corrected chi connectivity index (χ2v) is 6.46. The number of rotatable bonds is 5. The lowest BCUT2D eigenvalue weighted by atomic mass is 10.2. The Bertz CT molecular complexity index is 681. The summed E-state index contributed by atoms with van der Waals surface area (Å²) in [6, 6.07) is 10.4. The van der Waals surface area contributed by atoms with Crippen molar-refractivity contribution in [2.45, 2.75) is 17.9 Å². The van der Waals surface area contributed by atoms with Gasteiger partial charge in [0.1, 0.15) is 11.6 Å². The Morgan fingerprint density at radius 2 is 2.05 bits per heavy atom. The maximum atomic E-state index is 13.5. The van der Waals surface area contributed by atoms with Gasteiger partial charge in [0.05, 0.1) is 10.9 Å². The fourth-order valence-corrected chi connectivity index (χ4v) is 2.79. The summed E-state index contributed by atoms with van der Waals surface area (Å²) >= 11 is 7.31. The van der Waals surface area contributed by atoms with E-state index in [9.17, 15) is 13.6 Å². The second kappa shape index (κ2) is 7.61. The van der Waals surface area contributed by atoms with Crippen LogP contribution in [0.15, 0.2) is 42.5 Å². The van der Waals surface area contributed by atoms with Crippen LogP contribution in [-0.4, -0.2) is 11.2 Å². The van der Waals surface area contributed by atoms with Crippen molar-refractivity contribution in [3.05, 3.63) is 64.7 Å². The van der Waals surface area contributed by atoms with Gasteiger partial charge in [-0.25, -0.2) is 8.78 Å². The minimum absolute atomic E-state index is 0.0263. The average molecular weight is 342 g/mol. The van der Waals surface area contributed by atoms with Crippen molar-refractivity contribution in [2.75, 3.05) is 5.32 Å². The zero-order chi connectivity index (χ0) is 16.1. The minimum atomic E-state index is -0.791. The van der Waals surface area contributed by atoms with E-state index in [2.05, 4.69) is 5.32 Å². The zero-order valence-electron chi connectivity index (χ0n) is 11.8. The van der Waals surface area contributed by atoms with Gasteiger partial charge in [-0.2, -0.15) is 0 Å². The highest BCUT2D eigenvalue weighted by Crippen LogP contribution is 2.22. The third-order valence-corrected chi connectivity index (χ3v) is 4.40. The van der Waals surface area contributed by atoms with Gasteiger partial charge in [0.25, 0.3) is 0 Å². The molecule has 116 valence electrons. The summed E-state index contributed by atoms with van der Waals surface area (Å²) in [7, 11) is 0. The number of anilines is 1. The molecule has 0 aliphatic rings. The number of hydrogen-bond acceptors (Lipinski definition) is 2. The van der Waals surface area contributed by atoms with Crippen molar-refractivity contribution in [1.82, 2.24) is 0 Å². The molecule has 2 rings (SSSR count). The summed E-state index contributed by atoms with van der Waals surface area (Å²) in [6.07, 6.45) is 0. The normalized spacial score (nSPS) is 12.0. The summed E-state index contributed by atoms with van der Waals surface area (Å²) in [5.41, 5.74) is 0.978. The van der Waals surface area contributed by atoms with Crippen LogP contribution in [0.2, 0.25) is 5.02 Å². The topological polar surface area (TPSA) is 29.1 Å². The molecule has 1 N–H and O–H groups in total. The van der Waals surface area contributed by atoms with E-state index in [-0.39, 0.29) is 16.8 Å². The highest BCUT2D eigenvalue weighted by atomic mass is 35.5. The number of hydrogen-bond donors (Lipinski definition) is 1. The Hall–Kier alpha value is -1.59. The van der Waals surface area contributed by atoms with Gasteiger partial charge in [0, 0.05) is 16.8 Å². The van der Waals surface area contributed by atoms with Crippen LogP contribution in [0, 0.1) is 11.6 Å². The highest BCUT2D eigenvalue weighted by molar-refractivity contribution is 7.99. The lowest BCUT2D eigenvalue weighted by Gasteiger charge is -2.12. The molecule has 22 heavy (non-hydrogen) atoms. The number of amides is 1. The first kappa shape index (κ1) is 16.8. The number of carbonyl (C=O) groups is 1. The predicted octanol–water partition coefficient (Wildman–Crippen LogP) is 4.88. The molecule has 0 saturated heterocycles. The average Bonchev–Trinajstić information content (AvgIpc) is 2.47. The van der Waals surface area contributed by atoms with Crippen molar-refractivity contribution in [3.8, 4) is 0 Å². The Balaban J connectivity index is 1.92. The maximum absolute atomic E-state index is 13.5. The fraction of sp³-hybridized carbons (Fsp3) is 0.188. The highest BCUT2D eigenvalue weighted by Gasteiger charge is 2.15. The van der Waals surface area contributed by atoms with Crippen LogP contribution >= 0.6 is 23.4 Å². The summed E-state index contributed by atoms with van der Waals surface area (Å²) in [5, 5.41) is 2.71. The molecule has 1 amide bonds. The fourth-order valence-electron chi connectivity index (χ4n) is 1.75. The third kappa shape index (κ3) is 4.71. The van der Waals surface area contributed by atoms with Gasteiger partial charge >= 0.3 is 0 Å². The van der Waals surface area contributed by atoms with Gasteiger partial charge in [-0.1, -0.05) is 23.7 Å². The molecule has 0 aromatic heterocycles. The SMILES string of the molecule is CC(SCc1cccc(Cl)c1)C(=O)Nc1ccc(F)cc1F. The van der Waals surface area contributed by atoms with E-state index in [1.54, 1.807) is 13.0 Å². The van der Waals surface area contributed by atoms with Crippen LogP contribution in [0.5, 0.6) is 0 Å². The van der Waals surface area contributed by atoms with Crippen molar-refractivity contribution in [3.63, 3.8) is 0 Å². The number of halogens is 3. The van der Waals surface area contributed by atoms with Crippen LogP contribution < -0.4 is 5.32 Å². The van der Waals surface area contributed by atoms with Crippen LogP contribution in [0.25, 0.3) is 0 Å². The molecule has 6 heteroatoms. The summed E-state index contributed by atoms with van der Waals surface area (Å²) in [6.45, 7) is 1.73.